The summed E-state index contributed by atoms with van der Waals surface area (Å²) in [5, 5.41) is -0.707. The van der Waals surface area contributed by atoms with E-state index in [1.807, 2.05) is 6.92 Å². The Bertz CT molecular complexity index is 1140. The van der Waals surface area contributed by atoms with Crippen molar-refractivity contribution in [1.29, 1.82) is 0 Å². The Morgan fingerprint density at radius 3 is 2.58 bits per heavy atom. The van der Waals surface area contributed by atoms with Crippen LogP contribution in [0.25, 0.3) is 10.9 Å². The van der Waals surface area contributed by atoms with Crippen LogP contribution in [0.15, 0.2) is 11.4 Å². The van der Waals surface area contributed by atoms with Crippen molar-refractivity contribution in [1.82, 2.24) is 19.9 Å². The van der Waals surface area contributed by atoms with Crippen molar-refractivity contribution in [3.8, 4) is 0 Å². The molecule has 1 aliphatic heterocycles. The molecule has 1 fully saturated rings. The van der Waals surface area contributed by atoms with Gasteiger partial charge in [0.25, 0.3) is 0 Å². The van der Waals surface area contributed by atoms with Crippen LogP contribution < -0.4 is 4.90 Å². The average molecular weight is 474 g/mol. The van der Waals surface area contributed by atoms with Crippen LogP contribution >= 0.6 is 11.6 Å². The predicted molar refractivity (Wildman–Crippen MR) is 115 cm³/mol. The molecule has 9 nitrogen and oxygen atoms in total. The van der Waals surface area contributed by atoms with Crippen LogP contribution in [0.3, 0.4) is 0 Å². The minimum atomic E-state index is -3.83. The molecule has 31 heavy (non-hydrogen) atoms. The van der Waals surface area contributed by atoms with Gasteiger partial charge in [-0.05, 0) is 34.1 Å². The number of ether oxygens (including phenoxy) is 1. The number of likely N-dealkylation sites (N-methyl/N-ethyl adjacent to an activating group) is 1. The number of sulfone groups is 1. The maximum atomic E-state index is 14.6. The number of hydrogen-bond donors (Lipinski definition) is 0. The minimum absolute atomic E-state index is 0.191. The molecule has 3 rings (SSSR count). The molecule has 0 N–H and O–H groups in total. The molecule has 1 aliphatic rings. The maximum absolute atomic E-state index is 14.6. The highest BCUT2D eigenvalue weighted by molar-refractivity contribution is 7.90. The van der Waals surface area contributed by atoms with Crippen LogP contribution in [0.1, 0.15) is 34.1 Å². The molecule has 0 aliphatic carbocycles. The lowest BCUT2D eigenvalue weighted by molar-refractivity contribution is 0.0233. The molecule has 0 radical (unpaired) electrons. The summed E-state index contributed by atoms with van der Waals surface area (Å²) in [6, 6.07) is -0.492. The fraction of sp³-hybridized carbons (Fsp3) is 0.579. The van der Waals surface area contributed by atoms with Crippen molar-refractivity contribution < 1.29 is 22.3 Å². The molecule has 2 atom stereocenters. The fourth-order valence-electron chi connectivity index (χ4n) is 3.61. The highest BCUT2D eigenvalue weighted by atomic mass is 35.5. The lowest BCUT2D eigenvalue weighted by atomic mass is 10.1. The summed E-state index contributed by atoms with van der Waals surface area (Å²) >= 11 is 5.78. The Morgan fingerprint density at radius 1 is 1.35 bits per heavy atom. The van der Waals surface area contributed by atoms with Gasteiger partial charge in [-0.3, -0.25) is 0 Å². The first-order valence-electron chi connectivity index (χ1n) is 9.65. The van der Waals surface area contributed by atoms with Crippen molar-refractivity contribution >= 4 is 44.3 Å². The van der Waals surface area contributed by atoms with Gasteiger partial charge >= 0.3 is 6.09 Å². The molecule has 170 valence electrons. The Hall–Kier alpha value is -2.27. The standard InChI is InChI=1S/C19H25ClFN5O4S/c1-10-12(7-8-26(10)18(27)30-19(2,3)4)25(5)16-11-9-22-15(20)13(21)14(11)23-17(24-16)31(6,28)29/h9-10,12H,7-8H2,1-6H3/t10-,12-/m1/s1. The van der Waals surface area contributed by atoms with Crippen molar-refractivity contribution in [3.63, 3.8) is 0 Å². The van der Waals surface area contributed by atoms with Gasteiger partial charge in [0.05, 0.1) is 17.5 Å². The first kappa shape index (κ1) is 23.4. The van der Waals surface area contributed by atoms with Gasteiger partial charge < -0.3 is 14.5 Å². The molecular formula is C19H25ClFN5O4S. The van der Waals surface area contributed by atoms with Crippen molar-refractivity contribution in [2.45, 2.75) is 57.0 Å². The van der Waals surface area contributed by atoms with Crippen molar-refractivity contribution in [3.05, 3.63) is 17.2 Å². The quantitative estimate of drug-likeness (QED) is 0.494. The lowest BCUT2D eigenvalue weighted by Crippen LogP contribution is -2.45. The summed E-state index contributed by atoms with van der Waals surface area (Å²) < 4.78 is 44.3. The summed E-state index contributed by atoms with van der Waals surface area (Å²) in [5.74, 6) is -0.729. The van der Waals surface area contributed by atoms with Crippen molar-refractivity contribution in [2.24, 2.45) is 0 Å². The molecule has 0 bridgehead atoms. The summed E-state index contributed by atoms with van der Waals surface area (Å²) in [4.78, 5) is 27.8. The van der Waals surface area contributed by atoms with Crippen LogP contribution in [0.4, 0.5) is 15.0 Å². The molecule has 3 heterocycles. The third-order valence-corrected chi connectivity index (χ3v) is 6.22. The summed E-state index contributed by atoms with van der Waals surface area (Å²) in [7, 11) is -2.12. The van der Waals surface area contributed by atoms with Gasteiger partial charge in [-0.1, -0.05) is 11.6 Å². The summed E-state index contributed by atoms with van der Waals surface area (Å²) in [6.45, 7) is 7.70. The highest BCUT2D eigenvalue weighted by Crippen LogP contribution is 2.33. The number of nitrogens with zero attached hydrogens (tertiary/aromatic N) is 5. The van der Waals surface area contributed by atoms with Gasteiger partial charge in [-0.2, -0.15) is 0 Å². The van der Waals surface area contributed by atoms with Gasteiger partial charge in [0.15, 0.2) is 11.0 Å². The molecular weight excluding hydrogens is 449 g/mol. The lowest BCUT2D eigenvalue weighted by Gasteiger charge is -2.33. The second kappa shape index (κ2) is 8.01. The van der Waals surface area contributed by atoms with E-state index in [1.54, 1.807) is 37.6 Å². The van der Waals surface area contributed by atoms with Crippen LogP contribution in [0, 0.1) is 5.82 Å². The normalized spacial score (nSPS) is 19.7. The van der Waals surface area contributed by atoms with E-state index in [1.165, 1.54) is 6.20 Å². The Labute approximate surface area is 185 Å². The molecule has 0 spiro atoms. The van der Waals surface area contributed by atoms with Crippen LogP contribution in [-0.2, 0) is 14.6 Å². The Morgan fingerprint density at radius 2 is 2.00 bits per heavy atom. The highest BCUT2D eigenvalue weighted by Gasteiger charge is 2.39. The predicted octanol–water partition coefficient (Wildman–Crippen LogP) is 3.05. The largest absolute Gasteiger partial charge is 0.444 e. The van der Waals surface area contributed by atoms with E-state index in [9.17, 15) is 17.6 Å². The van der Waals surface area contributed by atoms with E-state index in [0.717, 1.165) is 6.26 Å². The third kappa shape index (κ3) is 4.67. The molecule has 1 saturated heterocycles. The van der Waals surface area contributed by atoms with E-state index in [2.05, 4.69) is 15.0 Å². The molecule has 2 aromatic heterocycles. The number of aromatic nitrogens is 3. The number of halogens is 2. The zero-order valence-corrected chi connectivity index (χ0v) is 19.8. The van der Waals surface area contributed by atoms with E-state index in [-0.39, 0.29) is 28.8 Å². The molecule has 0 saturated carbocycles. The van der Waals surface area contributed by atoms with Gasteiger partial charge in [0.2, 0.25) is 15.0 Å². The minimum Gasteiger partial charge on any atom is -0.444 e. The second-order valence-electron chi connectivity index (χ2n) is 8.61. The van der Waals surface area contributed by atoms with Gasteiger partial charge in [0.1, 0.15) is 16.9 Å². The van der Waals surface area contributed by atoms with Gasteiger partial charge in [-0.15, -0.1) is 0 Å². The first-order chi connectivity index (χ1) is 14.2. The number of carbonyl (C=O) groups excluding carboxylic acids is 1. The van der Waals surface area contributed by atoms with Crippen LogP contribution in [0.5, 0.6) is 0 Å². The zero-order chi connectivity index (χ0) is 23.3. The number of carbonyl (C=O) groups is 1. The number of likely N-dealkylation sites (tertiary alicyclic amines) is 1. The molecule has 12 heteroatoms. The number of rotatable bonds is 3. The number of fused-ring (bicyclic) bond motifs is 1. The van der Waals surface area contributed by atoms with Crippen LogP contribution in [-0.4, -0.2) is 71.9 Å². The maximum Gasteiger partial charge on any atom is 0.410 e. The number of pyridine rings is 1. The second-order valence-corrected chi connectivity index (χ2v) is 10.9. The van der Waals surface area contributed by atoms with Crippen LogP contribution in [0.2, 0.25) is 5.15 Å². The molecule has 2 aromatic rings. The van der Waals surface area contributed by atoms with E-state index < -0.39 is 37.7 Å². The zero-order valence-electron chi connectivity index (χ0n) is 18.2. The molecule has 0 aromatic carbocycles. The van der Waals surface area contributed by atoms with E-state index in [0.29, 0.717) is 13.0 Å². The number of hydrogen-bond acceptors (Lipinski definition) is 8. The molecule has 1 amide bonds. The number of anilines is 1. The average Bonchev–Trinajstić information content (AvgIpc) is 3.03. The Balaban J connectivity index is 2.03. The first-order valence-corrected chi connectivity index (χ1v) is 11.9. The fourth-order valence-corrected chi connectivity index (χ4v) is 4.26. The Kier molecular flexibility index (Phi) is 6.05. The summed E-state index contributed by atoms with van der Waals surface area (Å²) in [5.41, 5.74) is -0.858. The molecule has 0 unspecified atom stereocenters. The SMILES string of the molecule is C[C@@H]1[C@H](N(C)c2nc(S(C)(=O)=O)nc3c(F)c(Cl)ncc23)CCN1C(=O)OC(C)(C)C. The topological polar surface area (TPSA) is 106 Å². The monoisotopic (exact) mass is 473 g/mol. The number of amides is 1. The van der Waals surface area contributed by atoms with Gasteiger partial charge in [-0.25, -0.2) is 32.6 Å². The summed E-state index contributed by atoms with van der Waals surface area (Å²) in [6.07, 6.45) is 2.41. The van der Waals surface area contributed by atoms with Crippen molar-refractivity contribution in [2.75, 3.05) is 24.7 Å². The van der Waals surface area contributed by atoms with E-state index in [4.69, 9.17) is 16.3 Å². The third-order valence-electron chi connectivity index (χ3n) is 5.11. The van der Waals surface area contributed by atoms with E-state index >= 15 is 0 Å². The smallest absolute Gasteiger partial charge is 0.410 e. The van der Waals surface area contributed by atoms with Gasteiger partial charge in [0, 0.05) is 26.0 Å².